The molecule has 0 bridgehead atoms. The van der Waals surface area contributed by atoms with Crippen LogP contribution in [0.15, 0.2) is 11.4 Å². The Labute approximate surface area is 83.6 Å². The molecule has 0 saturated heterocycles. The second-order valence-electron chi connectivity index (χ2n) is 3.10. The first kappa shape index (κ1) is 10.7. The van der Waals surface area contributed by atoms with E-state index in [1.807, 2.05) is 11.3 Å². The van der Waals surface area contributed by atoms with Crippen molar-refractivity contribution in [2.45, 2.75) is 19.8 Å². The Morgan fingerprint density at radius 1 is 1.46 bits per heavy atom. The Hall–Kier alpha value is -0.380. The van der Waals surface area contributed by atoms with E-state index in [4.69, 9.17) is 5.11 Å². The lowest BCUT2D eigenvalue weighted by molar-refractivity contribution is 0.286. The minimum Gasteiger partial charge on any atom is -0.396 e. The topological polar surface area (TPSA) is 32.3 Å². The van der Waals surface area contributed by atoms with E-state index in [-0.39, 0.29) is 6.61 Å². The smallest absolute Gasteiger partial charge is 0.0443 e. The van der Waals surface area contributed by atoms with Crippen LogP contribution in [-0.2, 0) is 6.42 Å². The average molecular weight is 199 g/mol. The van der Waals surface area contributed by atoms with Gasteiger partial charge in [0.2, 0.25) is 0 Å². The van der Waals surface area contributed by atoms with Crippen LogP contribution in [0, 0.1) is 6.92 Å². The van der Waals surface area contributed by atoms with E-state index >= 15 is 0 Å². The van der Waals surface area contributed by atoms with Crippen molar-refractivity contribution in [3.8, 4) is 0 Å². The van der Waals surface area contributed by atoms with Gasteiger partial charge in [-0.25, -0.2) is 0 Å². The fourth-order valence-corrected chi connectivity index (χ4v) is 2.10. The maximum Gasteiger partial charge on any atom is 0.0443 e. The first-order valence-corrected chi connectivity index (χ1v) is 5.57. The van der Waals surface area contributed by atoms with E-state index in [1.54, 1.807) is 0 Å². The van der Waals surface area contributed by atoms with Gasteiger partial charge >= 0.3 is 0 Å². The van der Waals surface area contributed by atoms with Gasteiger partial charge in [-0.2, -0.15) is 0 Å². The van der Waals surface area contributed by atoms with E-state index < -0.39 is 0 Å². The number of hydrogen-bond donors (Lipinski definition) is 2. The molecule has 0 unspecified atom stereocenters. The van der Waals surface area contributed by atoms with Gasteiger partial charge in [0.15, 0.2) is 0 Å². The molecule has 0 spiro atoms. The van der Waals surface area contributed by atoms with Crippen molar-refractivity contribution >= 4 is 11.3 Å². The number of rotatable bonds is 6. The normalized spacial score (nSPS) is 10.6. The maximum absolute atomic E-state index is 8.56. The van der Waals surface area contributed by atoms with Gasteiger partial charge in [-0.3, -0.25) is 0 Å². The van der Waals surface area contributed by atoms with Crippen LogP contribution in [-0.4, -0.2) is 24.8 Å². The van der Waals surface area contributed by atoms with Crippen LogP contribution in [0.3, 0.4) is 0 Å². The van der Waals surface area contributed by atoms with Crippen molar-refractivity contribution < 1.29 is 5.11 Å². The number of thiophene rings is 1. The second-order valence-corrected chi connectivity index (χ2v) is 4.10. The summed E-state index contributed by atoms with van der Waals surface area (Å²) in [5.74, 6) is 0. The van der Waals surface area contributed by atoms with Gasteiger partial charge in [0.1, 0.15) is 0 Å². The molecule has 2 N–H and O–H groups in total. The van der Waals surface area contributed by atoms with Crippen molar-refractivity contribution in [3.63, 3.8) is 0 Å². The summed E-state index contributed by atoms with van der Waals surface area (Å²) in [5, 5.41) is 14.0. The SMILES string of the molecule is Cc1ccsc1CCNCCCO. The molecule has 0 saturated carbocycles. The Morgan fingerprint density at radius 3 is 2.92 bits per heavy atom. The highest BCUT2D eigenvalue weighted by molar-refractivity contribution is 7.10. The van der Waals surface area contributed by atoms with Crippen molar-refractivity contribution in [2.24, 2.45) is 0 Å². The van der Waals surface area contributed by atoms with E-state index in [1.165, 1.54) is 10.4 Å². The minimum atomic E-state index is 0.283. The standard InChI is InChI=1S/C10H17NOS/c1-9-4-8-13-10(9)3-6-11-5-2-7-12/h4,8,11-12H,2-3,5-7H2,1H3. The summed E-state index contributed by atoms with van der Waals surface area (Å²) >= 11 is 1.82. The van der Waals surface area contributed by atoms with E-state index in [2.05, 4.69) is 23.7 Å². The molecule has 0 aliphatic heterocycles. The number of nitrogens with one attached hydrogen (secondary N) is 1. The van der Waals surface area contributed by atoms with Crippen molar-refractivity contribution in [1.82, 2.24) is 5.32 Å². The van der Waals surface area contributed by atoms with Crippen LogP contribution in [0.1, 0.15) is 16.9 Å². The van der Waals surface area contributed by atoms with E-state index in [0.717, 1.165) is 25.9 Å². The fraction of sp³-hybridized carbons (Fsp3) is 0.600. The highest BCUT2D eigenvalue weighted by atomic mass is 32.1. The highest BCUT2D eigenvalue weighted by Crippen LogP contribution is 2.15. The van der Waals surface area contributed by atoms with Gasteiger partial charge < -0.3 is 10.4 Å². The predicted octanol–water partition coefficient (Wildman–Crippen LogP) is 1.57. The molecule has 1 heterocycles. The summed E-state index contributed by atoms with van der Waals surface area (Å²) in [6.45, 7) is 4.37. The largest absolute Gasteiger partial charge is 0.396 e. The van der Waals surface area contributed by atoms with Gasteiger partial charge in [0.05, 0.1) is 0 Å². The molecule has 3 heteroatoms. The van der Waals surface area contributed by atoms with Crippen LogP contribution >= 0.6 is 11.3 Å². The van der Waals surface area contributed by atoms with Crippen LogP contribution in [0.2, 0.25) is 0 Å². The zero-order valence-electron chi connectivity index (χ0n) is 8.05. The molecule has 0 fully saturated rings. The Bertz CT molecular complexity index is 235. The minimum absolute atomic E-state index is 0.283. The molecule has 1 aromatic rings. The third-order valence-corrected chi connectivity index (χ3v) is 3.09. The van der Waals surface area contributed by atoms with Crippen LogP contribution in [0.5, 0.6) is 0 Å². The summed E-state index contributed by atoms with van der Waals surface area (Å²) in [4.78, 5) is 1.47. The molecular weight excluding hydrogens is 182 g/mol. The summed E-state index contributed by atoms with van der Waals surface area (Å²) in [6, 6.07) is 2.16. The lowest BCUT2D eigenvalue weighted by atomic mass is 10.2. The number of aryl methyl sites for hydroxylation is 1. The fourth-order valence-electron chi connectivity index (χ4n) is 1.19. The molecule has 1 rings (SSSR count). The Kier molecular flexibility index (Phi) is 5.05. The molecule has 0 amide bonds. The first-order valence-electron chi connectivity index (χ1n) is 4.69. The van der Waals surface area contributed by atoms with Crippen LogP contribution < -0.4 is 5.32 Å². The number of hydrogen-bond acceptors (Lipinski definition) is 3. The van der Waals surface area contributed by atoms with Gasteiger partial charge in [-0.1, -0.05) is 0 Å². The molecule has 0 aliphatic carbocycles. The third kappa shape index (κ3) is 3.89. The summed E-state index contributed by atoms with van der Waals surface area (Å²) in [5.41, 5.74) is 1.40. The third-order valence-electron chi connectivity index (χ3n) is 2.01. The molecular formula is C10H17NOS. The van der Waals surface area contributed by atoms with E-state index in [9.17, 15) is 0 Å². The molecule has 13 heavy (non-hydrogen) atoms. The second kappa shape index (κ2) is 6.13. The van der Waals surface area contributed by atoms with Crippen LogP contribution in [0.4, 0.5) is 0 Å². The summed E-state index contributed by atoms with van der Waals surface area (Å²) < 4.78 is 0. The molecule has 0 aliphatic rings. The van der Waals surface area contributed by atoms with Crippen LogP contribution in [0.25, 0.3) is 0 Å². The van der Waals surface area contributed by atoms with Gasteiger partial charge in [0.25, 0.3) is 0 Å². The lowest BCUT2D eigenvalue weighted by Gasteiger charge is -2.02. The van der Waals surface area contributed by atoms with E-state index in [0.29, 0.717) is 0 Å². The zero-order chi connectivity index (χ0) is 9.52. The van der Waals surface area contributed by atoms with Crippen molar-refractivity contribution in [3.05, 3.63) is 21.9 Å². The lowest BCUT2D eigenvalue weighted by Crippen LogP contribution is -2.19. The Morgan fingerprint density at radius 2 is 2.31 bits per heavy atom. The summed E-state index contributed by atoms with van der Waals surface area (Å²) in [7, 11) is 0. The van der Waals surface area contributed by atoms with Gasteiger partial charge in [-0.15, -0.1) is 11.3 Å². The van der Waals surface area contributed by atoms with Gasteiger partial charge in [0, 0.05) is 11.5 Å². The molecule has 0 atom stereocenters. The zero-order valence-corrected chi connectivity index (χ0v) is 8.86. The molecule has 0 radical (unpaired) electrons. The number of aliphatic hydroxyl groups is 1. The van der Waals surface area contributed by atoms with Gasteiger partial charge in [-0.05, 0) is 49.9 Å². The quantitative estimate of drug-likeness (QED) is 0.682. The first-order chi connectivity index (χ1) is 6.34. The number of aliphatic hydroxyl groups excluding tert-OH is 1. The highest BCUT2D eigenvalue weighted by Gasteiger charge is 1.98. The maximum atomic E-state index is 8.56. The molecule has 1 aromatic heterocycles. The molecule has 74 valence electrons. The predicted molar refractivity (Wildman–Crippen MR) is 57.3 cm³/mol. The summed E-state index contributed by atoms with van der Waals surface area (Å²) in [6.07, 6.45) is 1.96. The molecule has 0 aromatic carbocycles. The molecule has 2 nitrogen and oxygen atoms in total. The Balaban J connectivity index is 2.10. The van der Waals surface area contributed by atoms with Crippen molar-refractivity contribution in [2.75, 3.05) is 19.7 Å². The van der Waals surface area contributed by atoms with Crippen molar-refractivity contribution in [1.29, 1.82) is 0 Å². The average Bonchev–Trinajstić information content (AvgIpc) is 2.52. The monoisotopic (exact) mass is 199 g/mol.